The molecule has 0 saturated heterocycles. The first kappa shape index (κ1) is 9.65. The van der Waals surface area contributed by atoms with Gasteiger partial charge in [-0.05, 0) is 18.6 Å². The molecule has 0 unspecified atom stereocenters. The van der Waals surface area contributed by atoms with Crippen molar-refractivity contribution in [3.8, 4) is 0 Å². The van der Waals surface area contributed by atoms with Crippen LogP contribution in [0.3, 0.4) is 0 Å². The summed E-state index contributed by atoms with van der Waals surface area (Å²) in [4.78, 5) is 4.18. The first-order valence-corrected chi connectivity index (χ1v) is 5.42. The summed E-state index contributed by atoms with van der Waals surface area (Å²) in [5.74, 6) is 1.05. The topological polar surface area (TPSA) is 26.0 Å². The lowest BCUT2D eigenvalue weighted by Gasteiger charge is -1.96. The van der Waals surface area contributed by atoms with Gasteiger partial charge in [0.25, 0.3) is 0 Å². The molecule has 0 atom stereocenters. The first-order valence-electron chi connectivity index (χ1n) is 4.43. The molecule has 0 aliphatic carbocycles. The lowest BCUT2D eigenvalue weighted by atomic mass is 10.2. The number of hydrogen-bond donors (Lipinski definition) is 0. The zero-order valence-electron chi connectivity index (χ0n) is 7.67. The molecule has 0 radical (unpaired) electrons. The molecule has 0 N–H and O–H groups in total. The van der Waals surface area contributed by atoms with E-state index >= 15 is 0 Å². The Bertz CT molecular complexity index is 222. The van der Waals surface area contributed by atoms with E-state index in [1.807, 2.05) is 0 Å². The highest BCUT2D eigenvalue weighted by atomic mass is 32.2. The van der Waals surface area contributed by atoms with Crippen LogP contribution in [0.25, 0.3) is 0 Å². The van der Waals surface area contributed by atoms with Crippen LogP contribution < -0.4 is 0 Å². The number of oxazole rings is 1. The second-order valence-electron chi connectivity index (χ2n) is 2.62. The molecule has 1 aromatic heterocycles. The highest BCUT2D eigenvalue weighted by Gasteiger charge is 2.06. The molecule has 68 valence electrons. The molecule has 1 rings (SSSR count). The molecule has 0 amide bonds. The minimum Gasteiger partial charge on any atom is -0.437 e. The Morgan fingerprint density at radius 3 is 3.00 bits per heavy atom. The molecule has 2 nitrogen and oxygen atoms in total. The van der Waals surface area contributed by atoms with Crippen LogP contribution in [0.4, 0.5) is 0 Å². The fourth-order valence-electron chi connectivity index (χ4n) is 1.02. The average Bonchev–Trinajstić information content (AvgIpc) is 2.50. The van der Waals surface area contributed by atoms with Gasteiger partial charge in [-0.2, -0.15) is 0 Å². The van der Waals surface area contributed by atoms with E-state index < -0.39 is 0 Å². The Balaban J connectivity index is 2.51. The lowest BCUT2D eigenvalue weighted by molar-refractivity contribution is 0.464. The maximum atomic E-state index is 5.25. The average molecular weight is 185 g/mol. The number of hydrogen-bond acceptors (Lipinski definition) is 3. The zero-order valence-corrected chi connectivity index (χ0v) is 8.49. The van der Waals surface area contributed by atoms with Crippen LogP contribution >= 0.6 is 11.8 Å². The van der Waals surface area contributed by atoms with Crippen LogP contribution in [0.1, 0.15) is 32.4 Å². The van der Waals surface area contributed by atoms with Crippen molar-refractivity contribution in [3.63, 3.8) is 0 Å². The Morgan fingerprint density at radius 1 is 1.50 bits per heavy atom. The predicted molar refractivity (Wildman–Crippen MR) is 51.5 cm³/mol. The summed E-state index contributed by atoms with van der Waals surface area (Å²) in [6.45, 7) is 4.31. The zero-order chi connectivity index (χ0) is 8.81. The van der Waals surface area contributed by atoms with Gasteiger partial charge in [-0.3, -0.25) is 0 Å². The monoisotopic (exact) mass is 185 g/mol. The number of unbranched alkanes of at least 4 members (excludes halogenated alkanes) is 1. The molecule has 0 aromatic carbocycles. The number of aromatic nitrogens is 1. The summed E-state index contributed by atoms with van der Waals surface area (Å²) >= 11 is 1.73. The summed E-state index contributed by atoms with van der Waals surface area (Å²) in [5.41, 5.74) is 1.13. The highest BCUT2D eigenvalue weighted by Crippen LogP contribution is 2.22. The maximum Gasteiger partial charge on any atom is 0.183 e. The summed E-state index contributed by atoms with van der Waals surface area (Å²) in [7, 11) is 0. The van der Waals surface area contributed by atoms with Crippen LogP contribution in [-0.4, -0.2) is 10.7 Å². The molecule has 0 aliphatic rings. The Hall–Kier alpha value is -0.440. The van der Waals surface area contributed by atoms with Crippen LogP contribution in [-0.2, 0) is 6.42 Å². The largest absolute Gasteiger partial charge is 0.437 e. The molecule has 0 aliphatic heterocycles. The molecule has 0 spiro atoms. The molecule has 1 aromatic rings. The Morgan fingerprint density at radius 2 is 2.33 bits per heavy atom. The van der Waals surface area contributed by atoms with E-state index in [1.165, 1.54) is 12.8 Å². The van der Waals surface area contributed by atoms with Gasteiger partial charge in [-0.25, -0.2) is 4.98 Å². The third-order valence-corrected chi connectivity index (χ3v) is 2.53. The molecule has 0 fully saturated rings. The van der Waals surface area contributed by atoms with Crippen LogP contribution in [0.15, 0.2) is 15.9 Å². The van der Waals surface area contributed by atoms with Crippen molar-refractivity contribution in [1.82, 2.24) is 4.98 Å². The van der Waals surface area contributed by atoms with Gasteiger partial charge in [-0.15, -0.1) is 0 Å². The van der Waals surface area contributed by atoms with Gasteiger partial charge in [0.05, 0.1) is 5.69 Å². The predicted octanol–water partition coefficient (Wildman–Crippen LogP) is 3.13. The minimum atomic E-state index is 1.01. The smallest absolute Gasteiger partial charge is 0.183 e. The van der Waals surface area contributed by atoms with Crippen LogP contribution in [0.2, 0.25) is 0 Å². The molecule has 3 heteroatoms. The summed E-state index contributed by atoms with van der Waals surface area (Å²) in [5, 5.41) is 1.01. The molecule has 1 heterocycles. The quantitative estimate of drug-likeness (QED) is 0.659. The molecule has 12 heavy (non-hydrogen) atoms. The van der Waals surface area contributed by atoms with Gasteiger partial charge in [0.2, 0.25) is 0 Å². The van der Waals surface area contributed by atoms with Crippen molar-refractivity contribution >= 4 is 11.8 Å². The summed E-state index contributed by atoms with van der Waals surface area (Å²) in [6.07, 6.45) is 5.01. The van der Waals surface area contributed by atoms with Gasteiger partial charge in [-0.1, -0.05) is 32.0 Å². The minimum absolute atomic E-state index is 1.01. The molecule has 0 bridgehead atoms. The second kappa shape index (κ2) is 5.25. The van der Waals surface area contributed by atoms with Crippen molar-refractivity contribution in [2.24, 2.45) is 0 Å². The third kappa shape index (κ3) is 2.55. The third-order valence-electron chi connectivity index (χ3n) is 1.65. The normalized spacial score (nSPS) is 10.5. The van der Waals surface area contributed by atoms with Gasteiger partial charge in [0.1, 0.15) is 0 Å². The maximum absolute atomic E-state index is 5.25. The van der Waals surface area contributed by atoms with Crippen molar-refractivity contribution in [2.45, 2.75) is 38.2 Å². The Labute approximate surface area is 77.8 Å². The fourth-order valence-corrected chi connectivity index (χ4v) is 1.71. The van der Waals surface area contributed by atoms with E-state index in [2.05, 4.69) is 18.8 Å². The number of thioether (sulfide) groups is 1. The standard InChI is InChI=1S/C9H15NOS/c1-3-5-6-8-9(12-4-2)11-7-10-8/h7H,3-6H2,1-2H3. The molecular formula is C9H15NOS. The molecular weight excluding hydrogens is 170 g/mol. The van der Waals surface area contributed by atoms with Gasteiger partial charge in [0.15, 0.2) is 11.5 Å². The first-order chi connectivity index (χ1) is 5.88. The van der Waals surface area contributed by atoms with Crippen molar-refractivity contribution in [3.05, 3.63) is 12.1 Å². The fraction of sp³-hybridized carbons (Fsp3) is 0.667. The van der Waals surface area contributed by atoms with Crippen LogP contribution in [0, 0.1) is 0 Å². The van der Waals surface area contributed by atoms with Gasteiger partial charge >= 0.3 is 0 Å². The van der Waals surface area contributed by atoms with E-state index in [0.29, 0.717) is 0 Å². The Kier molecular flexibility index (Phi) is 4.22. The van der Waals surface area contributed by atoms with E-state index in [-0.39, 0.29) is 0 Å². The highest BCUT2D eigenvalue weighted by molar-refractivity contribution is 7.99. The second-order valence-corrected chi connectivity index (χ2v) is 3.86. The van der Waals surface area contributed by atoms with E-state index in [0.717, 1.165) is 23.0 Å². The van der Waals surface area contributed by atoms with E-state index in [1.54, 1.807) is 18.2 Å². The summed E-state index contributed by atoms with van der Waals surface area (Å²) < 4.78 is 5.25. The number of nitrogens with zero attached hydrogens (tertiary/aromatic N) is 1. The number of rotatable bonds is 5. The lowest BCUT2D eigenvalue weighted by Crippen LogP contribution is -1.86. The van der Waals surface area contributed by atoms with Crippen molar-refractivity contribution in [2.75, 3.05) is 5.75 Å². The van der Waals surface area contributed by atoms with Crippen molar-refractivity contribution < 1.29 is 4.42 Å². The van der Waals surface area contributed by atoms with Gasteiger partial charge < -0.3 is 4.42 Å². The number of aryl methyl sites for hydroxylation is 1. The van der Waals surface area contributed by atoms with Crippen LogP contribution in [0.5, 0.6) is 0 Å². The van der Waals surface area contributed by atoms with Crippen molar-refractivity contribution in [1.29, 1.82) is 0 Å². The molecule has 0 saturated carbocycles. The van der Waals surface area contributed by atoms with E-state index in [9.17, 15) is 0 Å². The van der Waals surface area contributed by atoms with E-state index in [4.69, 9.17) is 4.42 Å². The SMILES string of the molecule is CCCCc1ncoc1SCC. The van der Waals surface area contributed by atoms with Gasteiger partial charge in [0, 0.05) is 0 Å². The summed E-state index contributed by atoms with van der Waals surface area (Å²) in [6, 6.07) is 0.